The minimum atomic E-state index is 0.257. The summed E-state index contributed by atoms with van der Waals surface area (Å²) in [5.74, 6) is 0.746. The molecule has 68 valence electrons. The standard InChI is InChI=1S/C10H17NO/c1-9-4-7-12-8-10(9)5-2-3-6-11-10/h2-3,9,11H,4-8H2,1H3. The molecule has 2 atom stereocenters. The molecule has 2 aliphatic rings. The van der Waals surface area contributed by atoms with E-state index in [0.29, 0.717) is 0 Å². The first-order valence-corrected chi connectivity index (χ1v) is 4.81. The van der Waals surface area contributed by atoms with Crippen molar-refractivity contribution in [1.82, 2.24) is 5.32 Å². The maximum absolute atomic E-state index is 5.54. The van der Waals surface area contributed by atoms with Gasteiger partial charge in [-0.3, -0.25) is 0 Å². The second-order valence-corrected chi connectivity index (χ2v) is 3.95. The van der Waals surface area contributed by atoms with Crippen molar-refractivity contribution in [2.45, 2.75) is 25.3 Å². The van der Waals surface area contributed by atoms with Crippen molar-refractivity contribution in [2.24, 2.45) is 5.92 Å². The lowest BCUT2D eigenvalue weighted by atomic mass is 9.78. The third-order valence-corrected chi connectivity index (χ3v) is 3.22. The van der Waals surface area contributed by atoms with Crippen LogP contribution in [-0.2, 0) is 4.74 Å². The number of hydrogen-bond donors (Lipinski definition) is 1. The fourth-order valence-corrected chi connectivity index (χ4v) is 2.13. The highest BCUT2D eigenvalue weighted by atomic mass is 16.5. The predicted molar refractivity (Wildman–Crippen MR) is 49.1 cm³/mol. The van der Waals surface area contributed by atoms with Gasteiger partial charge in [-0.05, 0) is 18.8 Å². The predicted octanol–water partition coefficient (Wildman–Crippen LogP) is 1.33. The Bertz CT molecular complexity index is 190. The van der Waals surface area contributed by atoms with E-state index < -0.39 is 0 Å². The van der Waals surface area contributed by atoms with Crippen LogP contribution in [0.15, 0.2) is 12.2 Å². The summed E-state index contributed by atoms with van der Waals surface area (Å²) >= 11 is 0. The Kier molecular flexibility index (Phi) is 2.20. The molecule has 0 aromatic rings. The van der Waals surface area contributed by atoms with Crippen LogP contribution >= 0.6 is 0 Å². The van der Waals surface area contributed by atoms with Crippen molar-refractivity contribution in [1.29, 1.82) is 0 Å². The first-order valence-electron chi connectivity index (χ1n) is 4.81. The molecule has 1 spiro atoms. The summed E-state index contributed by atoms with van der Waals surface area (Å²) in [5.41, 5.74) is 0.257. The minimum Gasteiger partial charge on any atom is -0.380 e. The van der Waals surface area contributed by atoms with Crippen LogP contribution in [0, 0.1) is 5.92 Å². The van der Waals surface area contributed by atoms with Crippen LogP contribution in [0.4, 0.5) is 0 Å². The van der Waals surface area contributed by atoms with E-state index in [1.54, 1.807) is 0 Å². The maximum Gasteiger partial charge on any atom is 0.0654 e. The zero-order valence-corrected chi connectivity index (χ0v) is 7.68. The summed E-state index contributed by atoms with van der Waals surface area (Å²) < 4.78 is 5.54. The monoisotopic (exact) mass is 167 g/mol. The molecular weight excluding hydrogens is 150 g/mol. The Morgan fingerprint density at radius 1 is 1.50 bits per heavy atom. The van der Waals surface area contributed by atoms with Gasteiger partial charge in [-0.25, -0.2) is 0 Å². The first-order chi connectivity index (χ1) is 5.83. The second kappa shape index (κ2) is 3.19. The highest BCUT2D eigenvalue weighted by Crippen LogP contribution is 2.30. The molecule has 2 heterocycles. The molecule has 0 aromatic heterocycles. The maximum atomic E-state index is 5.54. The highest BCUT2D eigenvalue weighted by Gasteiger charge is 2.38. The van der Waals surface area contributed by atoms with Gasteiger partial charge >= 0.3 is 0 Å². The van der Waals surface area contributed by atoms with E-state index in [2.05, 4.69) is 24.4 Å². The molecule has 0 saturated carbocycles. The molecule has 0 aromatic carbocycles. The third kappa shape index (κ3) is 1.29. The average molecular weight is 167 g/mol. The normalized spacial score (nSPS) is 41.9. The van der Waals surface area contributed by atoms with E-state index in [9.17, 15) is 0 Å². The summed E-state index contributed by atoms with van der Waals surface area (Å²) in [6.45, 7) is 5.16. The van der Waals surface area contributed by atoms with Gasteiger partial charge in [0.25, 0.3) is 0 Å². The zero-order valence-electron chi connectivity index (χ0n) is 7.68. The molecule has 1 N–H and O–H groups in total. The van der Waals surface area contributed by atoms with Gasteiger partial charge in [0.15, 0.2) is 0 Å². The van der Waals surface area contributed by atoms with Crippen LogP contribution in [0.1, 0.15) is 19.8 Å². The van der Waals surface area contributed by atoms with Gasteiger partial charge in [-0.15, -0.1) is 0 Å². The fraction of sp³-hybridized carbons (Fsp3) is 0.800. The smallest absolute Gasteiger partial charge is 0.0654 e. The molecule has 2 nitrogen and oxygen atoms in total. The Morgan fingerprint density at radius 2 is 2.42 bits per heavy atom. The minimum absolute atomic E-state index is 0.257. The SMILES string of the molecule is CC1CCOCC12CC=CCN2. The van der Waals surface area contributed by atoms with E-state index in [-0.39, 0.29) is 5.54 Å². The van der Waals surface area contributed by atoms with Crippen molar-refractivity contribution < 1.29 is 4.74 Å². The van der Waals surface area contributed by atoms with Crippen molar-refractivity contribution in [3.8, 4) is 0 Å². The van der Waals surface area contributed by atoms with E-state index in [4.69, 9.17) is 4.74 Å². The molecule has 1 fully saturated rings. The fourth-order valence-electron chi connectivity index (χ4n) is 2.13. The van der Waals surface area contributed by atoms with Gasteiger partial charge in [0.1, 0.15) is 0 Å². The van der Waals surface area contributed by atoms with Gasteiger partial charge in [0.2, 0.25) is 0 Å². The van der Waals surface area contributed by atoms with E-state index in [1.807, 2.05) is 0 Å². The first kappa shape index (κ1) is 8.27. The molecule has 12 heavy (non-hydrogen) atoms. The molecule has 0 amide bonds. The second-order valence-electron chi connectivity index (χ2n) is 3.95. The number of ether oxygens (including phenoxy) is 1. The molecule has 0 radical (unpaired) electrons. The van der Waals surface area contributed by atoms with Crippen molar-refractivity contribution in [3.63, 3.8) is 0 Å². The van der Waals surface area contributed by atoms with Crippen LogP contribution < -0.4 is 5.32 Å². The summed E-state index contributed by atoms with van der Waals surface area (Å²) in [6, 6.07) is 0. The molecular formula is C10H17NO. The van der Waals surface area contributed by atoms with Crippen LogP contribution in [0.2, 0.25) is 0 Å². The van der Waals surface area contributed by atoms with Crippen LogP contribution in [0.5, 0.6) is 0 Å². The molecule has 2 aliphatic heterocycles. The lowest BCUT2D eigenvalue weighted by molar-refractivity contribution is -0.0134. The van der Waals surface area contributed by atoms with Gasteiger partial charge in [-0.1, -0.05) is 19.1 Å². The van der Waals surface area contributed by atoms with Crippen molar-refractivity contribution in [3.05, 3.63) is 12.2 Å². The number of hydrogen-bond acceptors (Lipinski definition) is 2. The highest BCUT2D eigenvalue weighted by molar-refractivity contribution is 5.06. The molecule has 0 bridgehead atoms. The largest absolute Gasteiger partial charge is 0.380 e. The molecule has 0 aliphatic carbocycles. The molecule has 2 rings (SSSR count). The number of rotatable bonds is 0. The Morgan fingerprint density at radius 3 is 3.08 bits per heavy atom. The lowest BCUT2D eigenvalue weighted by Crippen LogP contribution is -2.57. The number of nitrogens with one attached hydrogen (secondary N) is 1. The van der Waals surface area contributed by atoms with E-state index in [1.165, 1.54) is 6.42 Å². The van der Waals surface area contributed by atoms with Crippen LogP contribution in [0.3, 0.4) is 0 Å². The summed E-state index contributed by atoms with van der Waals surface area (Å²) in [5, 5.41) is 3.57. The van der Waals surface area contributed by atoms with Crippen LogP contribution in [-0.4, -0.2) is 25.3 Å². The molecule has 2 heteroatoms. The van der Waals surface area contributed by atoms with Crippen molar-refractivity contribution in [2.75, 3.05) is 19.8 Å². The van der Waals surface area contributed by atoms with Crippen molar-refractivity contribution >= 4 is 0 Å². The summed E-state index contributed by atoms with van der Waals surface area (Å²) in [6.07, 6.45) is 6.81. The third-order valence-electron chi connectivity index (χ3n) is 3.22. The van der Waals surface area contributed by atoms with Gasteiger partial charge < -0.3 is 10.1 Å². The van der Waals surface area contributed by atoms with Gasteiger partial charge in [0.05, 0.1) is 6.61 Å². The summed E-state index contributed by atoms with van der Waals surface area (Å²) in [7, 11) is 0. The summed E-state index contributed by atoms with van der Waals surface area (Å²) in [4.78, 5) is 0. The Labute approximate surface area is 74.0 Å². The van der Waals surface area contributed by atoms with Crippen LogP contribution in [0.25, 0.3) is 0 Å². The topological polar surface area (TPSA) is 21.3 Å². The van der Waals surface area contributed by atoms with Gasteiger partial charge in [-0.2, -0.15) is 0 Å². The van der Waals surface area contributed by atoms with E-state index >= 15 is 0 Å². The quantitative estimate of drug-likeness (QED) is 0.550. The Balaban J connectivity index is 2.10. The molecule has 2 unspecified atom stereocenters. The molecule has 1 saturated heterocycles. The van der Waals surface area contributed by atoms with Gasteiger partial charge in [0, 0.05) is 18.7 Å². The van der Waals surface area contributed by atoms with E-state index in [0.717, 1.165) is 32.1 Å². The Hall–Kier alpha value is -0.340. The average Bonchev–Trinajstić information content (AvgIpc) is 2.12. The lowest BCUT2D eigenvalue weighted by Gasteiger charge is -2.44. The zero-order chi connectivity index (χ0) is 8.44.